The van der Waals surface area contributed by atoms with Crippen LogP contribution >= 0.6 is 0 Å². The van der Waals surface area contributed by atoms with E-state index in [1.807, 2.05) is 35.8 Å². The maximum atomic E-state index is 11.2. The molecule has 3 rings (SSSR count). The first-order valence-corrected chi connectivity index (χ1v) is 6.26. The Bertz CT molecular complexity index is 793. The number of hydrogen-bond acceptors (Lipinski definition) is 3. The van der Waals surface area contributed by atoms with E-state index in [1.165, 1.54) is 6.20 Å². The standard InChI is InChI=1S/C15H13N3O2/c1-10-17-12-6-2-3-7-13(12)18(10)9-11-5-4-8-16-14(11)15(19)20/h2-8H,9H2,1H3,(H,19,20). The summed E-state index contributed by atoms with van der Waals surface area (Å²) in [7, 11) is 0. The summed E-state index contributed by atoms with van der Waals surface area (Å²) in [5, 5.41) is 9.19. The Hall–Kier alpha value is -2.69. The van der Waals surface area contributed by atoms with Crippen LogP contribution in [0.2, 0.25) is 0 Å². The number of fused-ring (bicyclic) bond motifs is 1. The van der Waals surface area contributed by atoms with Gasteiger partial charge in [0.15, 0.2) is 5.69 Å². The van der Waals surface area contributed by atoms with Gasteiger partial charge in [-0.2, -0.15) is 0 Å². The van der Waals surface area contributed by atoms with Gasteiger partial charge in [0.2, 0.25) is 0 Å². The quantitative estimate of drug-likeness (QED) is 0.791. The van der Waals surface area contributed by atoms with Crippen LogP contribution in [-0.4, -0.2) is 25.6 Å². The topological polar surface area (TPSA) is 68.0 Å². The summed E-state index contributed by atoms with van der Waals surface area (Å²) >= 11 is 0. The lowest BCUT2D eigenvalue weighted by Crippen LogP contribution is -2.10. The highest BCUT2D eigenvalue weighted by atomic mass is 16.4. The van der Waals surface area contributed by atoms with Crippen LogP contribution in [0.25, 0.3) is 11.0 Å². The number of pyridine rings is 1. The molecule has 2 heterocycles. The number of carboxylic acids is 1. The van der Waals surface area contributed by atoms with Gasteiger partial charge in [0.05, 0.1) is 17.6 Å². The summed E-state index contributed by atoms with van der Waals surface area (Å²) < 4.78 is 2.00. The third-order valence-corrected chi connectivity index (χ3v) is 3.27. The maximum absolute atomic E-state index is 11.2. The molecular weight excluding hydrogens is 254 g/mol. The van der Waals surface area contributed by atoms with E-state index >= 15 is 0 Å². The number of aryl methyl sites for hydroxylation is 1. The van der Waals surface area contributed by atoms with Crippen LogP contribution in [0.1, 0.15) is 21.9 Å². The molecule has 0 fully saturated rings. The van der Waals surface area contributed by atoms with Crippen LogP contribution in [0.3, 0.4) is 0 Å². The molecule has 3 aromatic rings. The summed E-state index contributed by atoms with van der Waals surface area (Å²) in [6.07, 6.45) is 1.49. The van der Waals surface area contributed by atoms with E-state index < -0.39 is 5.97 Å². The average molecular weight is 267 g/mol. The summed E-state index contributed by atoms with van der Waals surface area (Å²) in [5.74, 6) is -0.158. The third-order valence-electron chi connectivity index (χ3n) is 3.27. The Labute approximate surface area is 115 Å². The highest BCUT2D eigenvalue weighted by Gasteiger charge is 2.14. The minimum absolute atomic E-state index is 0.0877. The molecule has 0 aliphatic rings. The molecule has 0 amide bonds. The predicted octanol–water partition coefficient (Wildman–Crippen LogP) is 2.49. The first-order valence-electron chi connectivity index (χ1n) is 6.26. The number of nitrogens with zero attached hydrogens (tertiary/aromatic N) is 3. The lowest BCUT2D eigenvalue weighted by molar-refractivity contribution is 0.0689. The fraction of sp³-hybridized carbons (Fsp3) is 0.133. The average Bonchev–Trinajstić information content (AvgIpc) is 2.76. The number of imidazole rings is 1. The Morgan fingerprint density at radius 1 is 1.25 bits per heavy atom. The second kappa shape index (κ2) is 4.77. The van der Waals surface area contributed by atoms with Gasteiger partial charge in [0.1, 0.15) is 5.82 Å². The van der Waals surface area contributed by atoms with E-state index in [4.69, 9.17) is 0 Å². The van der Waals surface area contributed by atoms with Crippen LogP contribution in [0.15, 0.2) is 42.6 Å². The molecule has 0 saturated carbocycles. The fourth-order valence-corrected chi connectivity index (χ4v) is 2.32. The Morgan fingerprint density at radius 3 is 2.85 bits per heavy atom. The number of rotatable bonds is 3. The molecule has 1 N–H and O–H groups in total. The lowest BCUT2D eigenvalue weighted by Gasteiger charge is -2.09. The number of aromatic carboxylic acids is 1. The minimum atomic E-state index is -1.01. The van der Waals surface area contributed by atoms with Crippen molar-refractivity contribution in [1.82, 2.24) is 14.5 Å². The van der Waals surface area contributed by atoms with Crippen LogP contribution in [0, 0.1) is 6.92 Å². The first-order chi connectivity index (χ1) is 9.66. The first kappa shape index (κ1) is 12.3. The molecule has 0 aliphatic carbocycles. The van der Waals surface area contributed by atoms with Crippen LogP contribution in [0.5, 0.6) is 0 Å². The van der Waals surface area contributed by atoms with Gasteiger partial charge in [-0.1, -0.05) is 18.2 Å². The van der Waals surface area contributed by atoms with Gasteiger partial charge < -0.3 is 9.67 Å². The van der Waals surface area contributed by atoms with Crippen molar-refractivity contribution in [2.24, 2.45) is 0 Å². The van der Waals surface area contributed by atoms with E-state index in [2.05, 4.69) is 9.97 Å². The Balaban J connectivity index is 2.10. The largest absolute Gasteiger partial charge is 0.477 e. The summed E-state index contributed by atoms with van der Waals surface area (Å²) in [6.45, 7) is 2.36. The molecular formula is C15H13N3O2. The summed E-state index contributed by atoms with van der Waals surface area (Å²) in [4.78, 5) is 19.6. The smallest absolute Gasteiger partial charge is 0.354 e. The molecule has 5 heteroatoms. The van der Waals surface area contributed by atoms with Crippen LogP contribution in [0.4, 0.5) is 0 Å². The Morgan fingerprint density at radius 2 is 2.05 bits per heavy atom. The van der Waals surface area contributed by atoms with Gasteiger partial charge in [-0.05, 0) is 25.1 Å². The normalized spacial score (nSPS) is 10.8. The number of benzene rings is 1. The number of hydrogen-bond donors (Lipinski definition) is 1. The number of para-hydroxylation sites is 2. The molecule has 0 aliphatic heterocycles. The maximum Gasteiger partial charge on any atom is 0.354 e. The van der Waals surface area contributed by atoms with E-state index in [9.17, 15) is 9.90 Å². The zero-order valence-electron chi connectivity index (χ0n) is 10.9. The SMILES string of the molecule is Cc1nc2ccccc2n1Cc1cccnc1C(=O)O. The van der Waals surface area contributed by atoms with E-state index in [-0.39, 0.29) is 5.69 Å². The van der Waals surface area contributed by atoms with Gasteiger partial charge in [0, 0.05) is 11.8 Å². The molecule has 1 aromatic carbocycles. The highest BCUT2D eigenvalue weighted by molar-refractivity contribution is 5.87. The second-order valence-electron chi connectivity index (χ2n) is 4.55. The van der Waals surface area contributed by atoms with Gasteiger partial charge in [-0.3, -0.25) is 0 Å². The van der Waals surface area contributed by atoms with Crippen molar-refractivity contribution in [3.63, 3.8) is 0 Å². The van der Waals surface area contributed by atoms with Crippen molar-refractivity contribution in [2.75, 3.05) is 0 Å². The molecule has 0 bridgehead atoms. The predicted molar refractivity (Wildman–Crippen MR) is 74.8 cm³/mol. The van der Waals surface area contributed by atoms with Crippen LogP contribution < -0.4 is 0 Å². The van der Waals surface area contributed by atoms with Crippen molar-refractivity contribution >= 4 is 17.0 Å². The zero-order chi connectivity index (χ0) is 14.1. The second-order valence-corrected chi connectivity index (χ2v) is 4.55. The van der Waals surface area contributed by atoms with Crippen molar-refractivity contribution in [3.8, 4) is 0 Å². The van der Waals surface area contributed by atoms with Gasteiger partial charge in [0.25, 0.3) is 0 Å². The summed E-state index contributed by atoms with van der Waals surface area (Å²) in [5.41, 5.74) is 2.66. The lowest BCUT2D eigenvalue weighted by atomic mass is 10.2. The van der Waals surface area contributed by atoms with Gasteiger partial charge in [-0.15, -0.1) is 0 Å². The fourth-order valence-electron chi connectivity index (χ4n) is 2.32. The van der Waals surface area contributed by atoms with Crippen molar-refractivity contribution in [2.45, 2.75) is 13.5 Å². The van der Waals surface area contributed by atoms with Crippen LogP contribution in [-0.2, 0) is 6.54 Å². The van der Waals surface area contributed by atoms with Crippen molar-refractivity contribution in [3.05, 3.63) is 59.7 Å². The molecule has 0 radical (unpaired) electrons. The molecule has 0 unspecified atom stereocenters. The molecule has 20 heavy (non-hydrogen) atoms. The van der Waals surface area contributed by atoms with E-state index in [0.29, 0.717) is 12.1 Å². The van der Waals surface area contributed by atoms with Crippen molar-refractivity contribution in [1.29, 1.82) is 0 Å². The molecule has 5 nitrogen and oxygen atoms in total. The molecule has 2 aromatic heterocycles. The minimum Gasteiger partial charge on any atom is -0.477 e. The molecule has 0 saturated heterocycles. The van der Waals surface area contributed by atoms with E-state index in [1.54, 1.807) is 12.1 Å². The molecule has 0 spiro atoms. The molecule has 100 valence electrons. The number of carbonyl (C=O) groups is 1. The zero-order valence-corrected chi connectivity index (χ0v) is 10.9. The monoisotopic (exact) mass is 267 g/mol. The van der Waals surface area contributed by atoms with E-state index in [0.717, 1.165) is 16.9 Å². The third kappa shape index (κ3) is 2.03. The Kier molecular flexibility index (Phi) is 2.95. The van der Waals surface area contributed by atoms with Crippen molar-refractivity contribution < 1.29 is 9.90 Å². The number of carboxylic acid groups (broad SMARTS) is 1. The van der Waals surface area contributed by atoms with Gasteiger partial charge in [-0.25, -0.2) is 14.8 Å². The van der Waals surface area contributed by atoms with Gasteiger partial charge >= 0.3 is 5.97 Å². The highest BCUT2D eigenvalue weighted by Crippen LogP contribution is 2.18. The summed E-state index contributed by atoms with van der Waals surface area (Å²) in [6, 6.07) is 11.3. The molecule has 0 atom stereocenters. The number of aromatic nitrogens is 3.